The second-order valence-electron chi connectivity index (χ2n) is 6.89. The van der Waals surface area contributed by atoms with Crippen LogP contribution < -0.4 is 5.73 Å². The molecule has 1 aliphatic carbocycles. The van der Waals surface area contributed by atoms with Crippen LogP contribution in [-0.2, 0) is 13.5 Å². The molecule has 0 radical (unpaired) electrons. The maximum atomic E-state index is 6.66. The number of hydrogen-bond donors (Lipinski definition) is 1. The van der Waals surface area contributed by atoms with Crippen LogP contribution in [0.3, 0.4) is 0 Å². The molecule has 1 fully saturated rings. The Morgan fingerprint density at radius 3 is 2.50 bits per heavy atom. The van der Waals surface area contributed by atoms with E-state index in [-0.39, 0.29) is 11.6 Å². The van der Waals surface area contributed by atoms with Crippen molar-refractivity contribution in [1.82, 2.24) is 14.7 Å². The smallest absolute Gasteiger partial charge is 0.0596 e. The second kappa shape index (κ2) is 5.86. The summed E-state index contributed by atoms with van der Waals surface area (Å²) in [5, 5.41) is 4.44. The molecule has 2 N–H and O–H groups in total. The summed E-state index contributed by atoms with van der Waals surface area (Å²) in [6, 6.07) is 2.33. The Morgan fingerprint density at radius 1 is 1.45 bits per heavy atom. The highest BCUT2D eigenvalue weighted by Gasteiger charge is 2.41. The fourth-order valence-electron chi connectivity index (χ4n) is 3.68. The van der Waals surface area contributed by atoms with Crippen molar-refractivity contribution in [2.45, 2.75) is 57.5 Å². The third-order valence-corrected chi connectivity index (χ3v) is 5.25. The summed E-state index contributed by atoms with van der Waals surface area (Å²) in [4.78, 5) is 2.37. The Kier molecular flexibility index (Phi) is 4.55. The van der Waals surface area contributed by atoms with Gasteiger partial charge in [-0.25, -0.2) is 0 Å². The van der Waals surface area contributed by atoms with Gasteiger partial charge in [-0.2, -0.15) is 5.10 Å². The van der Waals surface area contributed by atoms with Gasteiger partial charge in [0.1, 0.15) is 0 Å². The monoisotopic (exact) mass is 278 g/mol. The highest BCUT2D eigenvalue weighted by atomic mass is 15.3. The number of nitrogens with two attached hydrogens (primary N) is 1. The summed E-state index contributed by atoms with van der Waals surface area (Å²) in [7, 11) is 6.38. The second-order valence-corrected chi connectivity index (χ2v) is 6.89. The highest BCUT2D eigenvalue weighted by molar-refractivity contribution is 5.13. The lowest BCUT2D eigenvalue weighted by Gasteiger charge is -2.48. The molecule has 20 heavy (non-hydrogen) atoms. The molecule has 4 heteroatoms. The van der Waals surface area contributed by atoms with E-state index in [4.69, 9.17) is 5.73 Å². The van der Waals surface area contributed by atoms with Gasteiger partial charge in [0, 0.05) is 30.7 Å². The van der Waals surface area contributed by atoms with Gasteiger partial charge < -0.3 is 10.6 Å². The van der Waals surface area contributed by atoms with Gasteiger partial charge in [-0.05, 0) is 58.7 Å². The van der Waals surface area contributed by atoms with E-state index >= 15 is 0 Å². The van der Waals surface area contributed by atoms with Crippen LogP contribution in [0.4, 0.5) is 0 Å². The lowest BCUT2D eigenvalue weighted by atomic mass is 9.71. The topological polar surface area (TPSA) is 47.1 Å². The Morgan fingerprint density at radius 2 is 2.05 bits per heavy atom. The van der Waals surface area contributed by atoms with Crippen molar-refractivity contribution in [3.63, 3.8) is 0 Å². The van der Waals surface area contributed by atoms with E-state index in [1.165, 1.54) is 31.4 Å². The summed E-state index contributed by atoms with van der Waals surface area (Å²) in [5.41, 5.74) is 9.12. The molecule has 0 saturated heterocycles. The number of nitrogens with zero attached hydrogens (tertiary/aromatic N) is 3. The van der Waals surface area contributed by atoms with E-state index in [1.807, 2.05) is 18.7 Å². The largest absolute Gasteiger partial charge is 0.326 e. The standard InChI is InChI=1S/C16H30N4/c1-12-6-8-16(9-7-12,19(3)4)15(17)11-14-10-13(2)18-20(14)5/h10,12,15H,6-9,11,17H2,1-5H3. The zero-order valence-electron chi connectivity index (χ0n) is 13.7. The van der Waals surface area contributed by atoms with Crippen molar-refractivity contribution in [3.05, 3.63) is 17.5 Å². The Bertz CT molecular complexity index is 441. The van der Waals surface area contributed by atoms with Crippen LogP contribution in [0.2, 0.25) is 0 Å². The molecule has 0 amide bonds. The predicted octanol–water partition coefficient (Wildman–Crippen LogP) is 2.11. The van der Waals surface area contributed by atoms with Gasteiger partial charge >= 0.3 is 0 Å². The first kappa shape index (κ1) is 15.5. The van der Waals surface area contributed by atoms with Crippen LogP contribution in [0.25, 0.3) is 0 Å². The van der Waals surface area contributed by atoms with Crippen molar-refractivity contribution in [2.75, 3.05) is 14.1 Å². The summed E-state index contributed by atoms with van der Waals surface area (Å²) in [5.74, 6) is 0.842. The Balaban J connectivity index is 2.15. The van der Waals surface area contributed by atoms with Crippen LogP contribution in [0.15, 0.2) is 6.07 Å². The SMILES string of the molecule is Cc1cc(CC(N)C2(N(C)C)CCC(C)CC2)n(C)n1. The molecule has 0 aromatic carbocycles. The summed E-state index contributed by atoms with van der Waals surface area (Å²) in [6.07, 6.45) is 5.90. The van der Waals surface area contributed by atoms with Crippen molar-refractivity contribution in [1.29, 1.82) is 0 Å². The van der Waals surface area contributed by atoms with E-state index in [0.29, 0.717) is 0 Å². The molecule has 1 aliphatic rings. The van der Waals surface area contributed by atoms with E-state index in [2.05, 4.69) is 37.1 Å². The quantitative estimate of drug-likeness (QED) is 0.917. The first-order valence-corrected chi connectivity index (χ1v) is 7.77. The highest BCUT2D eigenvalue weighted by Crippen LogP contribution is 2.37. The van der Waals surface area contributed by atoms with E-state index in [9.17, 15) is 0 Å². The molecule has 1 saturated carbocycles. The molecule has 1 unspecified atom stereocenters. The first-order chi connectivity index (χ1) is 9.35. The molecular formula is C16H30N4. The van der Waals surface area contributed by atoms with E-state index < -0.39 is 0 Å². The van der Waals surface area contributed by atoms with Gasteiger partial charge in [0.25, 0.3) is 0 Å². The van der Waals surface area contributed by atoms with Gasteiger partial charge in [0.2, 0.25) is 0 Å². The Hall–Kier alpha value is -0.870. The number of aromatic nitrogens is 2. The molecular weight excluding hydrogens is 248 g/mol. The molecule has 0 spiro atoms. The van der Waals surface area contributed by atoms with Crippen molar-refractivity contribution in [2.24, 2.45) is 18.7 Å². The third-order valence-electron chi connectivity index (χ3n) is 5.25. The fraction of sp³-hybridized carbons (Fsp3) is 0.812. The van der Waals surface area contributed by atoms with Gasteiger partial charge in [-0.15, -0.1) is 0 Å². The molecule has 1 aromatic heterocycles. The number of hydrogen-bond acceptors (Lipinski definition) is 3. The summed E-state index contributed by atoms with van der Waals surface area (Å²) < 4.78 is 1.98. The van der Waals surface area contributed by atoms with Crippen LogP contribution in [0, 0.1) is 12.8 Å². The zero-order chi connectivity index (χ0) is 14.9. The minimum absolute atomic E-state index is 0.144. The van der Waals surface area contributed by atoms with Crippen LogP contribution in [0.5, 0.6) is 0 Å². The van der Waals surface area contributed by atoms with Gasteiger partial charge in [-0.3, -0.25) is 4.68 Å². The molecule has 1 atom stereocenters. The minimum atomic E-state index is 0.144. The molecule has 1 aromatic rings. The molecule has 114 valence electrons. The van der Waals surface area contributed by atoms with Crippen LogP contribution in [-0.4, -0.2) is 40.4 Å². The van der Waals surface area contributed by atoms with E-state index in [1.54, 1.807) is 0 Å². The van der Waals surface area contributed by atoms with Gasteiger partial charge in [0.05, 0.1) is 5.69 Å². The molecule has 4 nitrogen and oxygen atoms in total. The molecule has 0 bridgehead atoms. The lowest BCUT2D eigenvalue weighted by molar-refractivity contribution is 0.0563. The number of likely N-dealkylation sites (N-methyl/N-ethyl adjacent to an activating group) is 1. The van der Waals surface area contributed by atoms with Crippen LogP contribution >= 0.6 is 0 Å². The average Bonchev–Trinajstić information content (AvgIpc) is 2.68. The minimum Gasteiger partial charge on any atom is -0.326 e. The maximum absolute atomic E-state index is 6.66. The first-order valence-electron chi connectivity index (χ1n) is 7.77. The molecule has 1 heterocycles. The average molecular weight is 278 g/mol. The fourth-order valence-corrected chi connectivity index (χ4v) is 3.68. The normalized spacial score (nSPS) is 28.9. The lowest BCUT2D eigenvalue weighted by Crippen LogP contribution is -2.59. The number of rotatable bonds is 4. The Labute approximate surface area is 123 Å². The van der Waals surface area contributed by atoms with Crippen LogP contribution in [0.1, 0.15) is 44.0 Å². The molecule has 2 rings (SSSR count). The van der Waals surface area contributed by atoms with Crippen molar-refractivity contribution < 1.29 is 0 Å². The maximum Gasteiger partial charge on any atom is 0.0596 e. The summed E-state index contributed by atoms with van der Waals surface area (Å²) in [6.45, 7) is 4.40. The third kappa shape index (κ3) is 2.91. The predicted molar refractivity (Wildman–Crippen MR) is 83.7 cm³/mol. The summed E-state index contributed by atoms with van der Waals surface area (Å²) >= 11 is 0. The van der Waals surface area contributed by atoms with E-state index in [0.717, 1.165) is 18.0 Å². The zero-order valence-corrected chi connectivity index (χ0v) is 13.7. The van der Waals surface area contributed by atoms with Crippen molar-refractivity contribution >= 4 is 0 Å². The molecule has 0 aliphatic heterocycles. The van der Waals surface area contributed by atoms with Gasteiger partial charge in [0.15, 0.2) is 0 Å². The number of aryl methyl sites for hydroxylation is 2. The van der Waals surface area contributed by atoms with Crippen molar-refractivity contribution in [3.8, 4) is 0 Å². The van der Waals surface area contributed by atoms with Gasteiger partial charge in [-0.1, -0.05) is 6.92 Å².